The summed E-state index contributed by atoms with van der Waals surface area (Å²) >= 11 is 0. The van der Waals surface area contributed by atoms with Crippen LogP contribution >= 0.6 is 0 Å². The largest absolute Gasteiger partial charge is 0.497 e. The molecule has 7 heteroatoms. The second-order valence-electron chi connectivity index (χ2n) is 7.08. The Hall–Kier alpha value is -2.54. The van der Waals surface area contributed by atoms with Crippen molar-refractivity contribution < 1.29 is 17.9 Å². The van der Waals surface area contributed by atoms with Crippen LogP contribution in [0.1, 0.15) is 36.6 Å². The van der Waals surface area contributed by atoms with Crippen molar-refractivity contribution in [2.45, 2.75) is 39.8 Å². The van der Waals surface area contributed by atoms with E-state index in [1.165, 1.54) is 4.31 Å². The molecule has 2 aromatic carbocycles. The lowest BCUT2D eigenvalue weighted by molar-refractivity contribution is -0.122. The lowest BCUT2D eigenvalue weighted by atomic mass is 10.1. The van der Waals surface area contributed by atoms with E-state index in [4.69, 9.17) is 4.74 Å². The molecule has 0 fully saturated rings. The first-order chi connectivity index (χ1) is 13.0. The molecule has 6 nitrogen and oxygen atoms in total. The van der Waals surface area contributed by atoms with Gasteiger partial charge in [-0.3, -0.25) is 9.10 Å². The summed E-state index contributed by atoms with van der Waals surface area (Å²) < 4.78 is 31.2. The third kappa shape index (κ3) is 5.25. The smallest absolute Gasteiger partial charge is 0.244 e. The number of carbonyl (C=O) groups is 1. The summed E-state index contributed by atoms with van der Waals surface area (Å²) in [6, 6.07) is 11.7. The van der Waals surface area contributed by atoms with Crippen molar-refractivity contribution in [3.63, 3.8) is 0 Å². The van der Waals surface area contributed by atoms with Gasteiger partial charge in [0.05, 0.1) is 25.1 Å². The Balaban J connectivity index is 2.25. The highest BCUT2D eigenvalue weighted by Crippen LogP contribution is 2.24. The number of methoxy groups -OCH3 is 1. The van der Waals surface area contributed by atoms with Crippen LogP contribution in [0.2, 0.25) is 0 Å². The van der Waals surface area contributed by atoms with Crippen LogP contribution in [0.3, 0.4) is 0 Å². The summed E-state index contributed by atoms with van der Waals surface area (Å²) in [5.41, 5.74) is 3.25. The van der Waals surface area contributed by atoms with Crippen molar-refractivity contribution in [1.29, 1.82) is 0 Å². The SMILES string of the molecule is COc1ccc([C@@H](C)NC(=O)[C@@H](C)N(c2cc(C)cc(C)c2)S(C)(=O)=O)cc1. The van der Waals surface area contributed by atoms with E-state index in [2.05, 4.69) is 5.32 Å². The molecule has 28 heavy (non-hydrogen) atoms. The molecule has 0 radical (unpaired) electrons. The third-order valence-electron chi connectivity index (χ3n) is 4.52. The van der Waals surface area contributed by atoms with Crippen LogP contribution in [0.4, 0.5) is 5.69 Å². The average molecular weight is 405 g/mol. The lowest BCUT2D eigenvalue weighted by Crippen LogP contribution is -2.48. The number of carbonyl (C=O) groups excluding carboxylic acids is 1. The molecule has 0 bridgehead atoms. The Labute approximate surface area is 167 Å². The summed E-state index contributed by atoms with van der Waals surface area (Å²) in [4.78, 5) is 12.8. The van der Waals surface area contributed by atoms with Gasteiger partial charge in [-0.1, -0.05) is 18.2 Å². The van der Waals surface area contributed by atoms with E-state index in [1.807, 2.05) is 51.1 Å². The summed E-state index contributed by atoms with van der Waals surface area (Å²) in [6.07, 6.45) is 1.11. The van der Waals surface area contributed by atoms with Crippen molar-refractivity contribution in [3.05, 3.63) is 59.2 Å². The van der Waals surface area contributed by atoms with Crippen molar-refractivity contribution >= 4 is 21.6 Å². The molecule has 0 aliphatic heterocycles. The van der Waals surface area contributed by atoms with Gasteiger partial charge in [0, 0.05) is 0 Å². The summed E-state index contributed by atoms with van der Waals surface area (Å²) in [5, 5.41) is 2.90. The highest BCUT2D eigenvalue weighted by molar-refractivity contribution is 7.92. The van der Waals surface area contributed by atoms with E-state index in [0.717, 1.165) is 28.7 Å². The van der Waals surface area contributed by atoms with Gasteiger partial charge in [0.1, 0.15) is 11.8 Å². The Kier molecular flexibility index (Phi) is 6.72. The quantitative estimate of drug-likeness (QED) is 0.768. The minimum absolute atomic E-state index is 0.276. The van der Waals surface area contributed by atoms with E-state index in [0.29, 0.717) is 5.69 Å². The molecule has 0 heterocycles. The molecule has 0 aliphatic carbocycles. The molecule has 1 N–H and O–H groups in total. The van der Waals surface area contributed by atoms with Gasteiger partial charge >= 0.3 is 0 Å². The van der Waals surface area contributed by atoms with Gasteiger partial charge in [-0.05, 0) is 68.7 Å². The van der Waals surface area contributed by atoms with Gasteiger partial charge in [0.2, 0.25) is 15.9 Å². The molecule has 0 saturated heterocycles. The zero-order valence-corrected chi connectivity index (χ0v) is 18.0. The normalized spacial score (nSPS) is 13.5. The molecule has 2 atom stereocenters. The van der Waals surface area contributed by atoms with E-state index in [1.54, 1.807) is 26.2 Å². The fourth-order valence-electron chi connectivity index (χ4n) is 3.20. The molecular formula is C21H28N2O4S. The van der Waals surface area contributed by atoms with Crippen LogP contribution in [0.25, 0.3) is 0 Å². The maximum atomic E-state index is 12.8. The van der Waals surface area contributed by atoms with Crippen molar-refractivity contribution in [2.75, 3.05) is 17.7 Å². The predicted octanol–water partition coefficient (Wildman–Crippen LogP) is 3.34. The van der Waals surface area contributed by atoms with E-state index in [-0.39, 0.29) is 11.9 Å². The summed E-state index contributed by atoms with van der Waals surface area (Å²) in [6.45, 7) is 7.24. The van der Waals surface area contributed by atoms with E-state index in [9.17, 15) is 13.2 Å². The summed E-state index contributed by atoms with van der Waals surface area (Å²) in [7, 11) is -2.06. The third-order valence-corrected chi connectivity index (χ3v) is 5.77. The van der Waals surface area contributed by atoms with Crippen LogP contribution in [0.15, 0.2) is 42.5 Å². The molecule has 2 rings (SSSR count). The molecule has 0 aliphatic rings. The van der Waals surface area contributed by atoms with Gasteiger partial charge in [-0.25, -0.2) is 8.42 Å². The first kappa shape index (κ1) is 21.8. The number of amides is 1. The fraction of sp³-hybridized carbons (Fsp3) is 0.381. The number of benzene rings is 2. The number of hydrogen-bond acceptors (Lipinski definition) is 4. The number of rotatable bonds is 7. The van der Waals surface area contributed by atoms with Gasteiger partial charge in [0.15, 0.2) is 0 Å². The second kappa shape index (κ2) is 8.65. The minimum Gasteiger partial charge on any atom is -0.497 e. The maximum Gasteiger partial charge on any atom is 0.244 e. The Morgan fingerprint density at radius 1 is 1.04 bits per heavy atom. The van der Waals surface area contributed by atoms with Crippen LogP contribution in [-0.4, -0.2) is 33.7 Å². The minimum atomic E-state index is -3.65. The molecule has 0 spiro atoms. The number of nitrogens with one attached hydrogen (secondary N) is 1. The lowest BCUT2D eigenvalue weighted by Gasteiger charge is -2.30. The van der Waals surface area contributed by atoms with Crippen molar-refractivity contribution in [1.82, 2.24) is 5.32 Å². The number of hydrogen-bond donors (Lipinski definition) is 1. The number of ether oxygens (including phenoxy) is 1. The first-order valence-electron chi connectivity index (χ1n) is 9.05. The van der Waals surface area contributed by atoms with Gasteiger partial charge < -0.3 is 10.1 Å². The van der Waals surface area contributed by atoms with Crippen molar-refractivity contribution in [3.8, 4) is 5.75 Å². The highest BCUT2D eigenvalue weighted by atomic mass is 32.2. The highest BCUT2D eigenvalue weighted by Gasteiger charge is 2.30. The Morgan fingerprint density at radius 2 is 1.57 bits per heavy atom. The molecular weight excluding hydrogens is 376 g/mol. The zero-order chi connectivity index (χ0) is 21.1. The molecule has 0 saturated carbocycles. The molecule has 0 aromatic heterocycles. The van der Waals surface area contributed by atoms with Crippen LogP contribution in [-0.2, 0) is 14.8 Å². The monoisotopic (exact) mass is 404 g/mol. The second-order valence-corrected chi connectivity index (χ2v) is 8.94. The fourth-order valence-corrected chi connectivity index (χ4v) is 4.36. The van der Waals surface area contributed by atoms with Gasteiger partial charge in [-0.15, -0.1) is 0 Å². The number of aryl methyl sites for hydroxylation is 2. The Morgan fingerprint density at radius 3 is 2.04 bits per heavy atom. The maximum absolute atomic E-state index is 12.8. The zero-order valence-electron chi connectivity index (χ0n) is 17.2. The number of nitrogens with zero attached hydrogens (tertiary/aromatic N) is 1. The molecule has 152 valence electrons. The standard InChI is InChI=1S/C21H28N2O4S/c1-14-11-15(2)13-19(12-14)23(28(6,25)26)17(4)21(24)22-16(3)18-7-9-20(27-5)10-8-18/h7-13,16-17H,1-6H3,(H,22,24)/t16-,17-/m1/s1. The van der Waals surface area contributed by atoms with Crippen molar-refractivity contribution in [2.24, 2.45) is 0 Å². The Bertz CT molecular complexity index is 919. The molecule has 0 unspecified atom stereocenters. The van der Waals surface area contributed by atoms with Gasteiger partial charge in [0.25, 0.3) is 0 Å². The number of sulfonamides is 1. The number of anilines is 1. The van der Waals surface area contributed by atoms with E-state index < -0.39 is 16.1 Å². The van der Waals surface area contributed by atoms with E-state index >= 15 is 0 Å². The van der Waals surface area contributed by atoms with Crippen LogP contribution in [0.5, 0.6) is 5.75 Å². The average Bonchev–Trinajstić information content (AvgIpc) is 2.59. The van der Waals surface area contributed by atoms with Crippen LogP contribution in [0, 0.1) is 13.8 Å². The topological polar surface area (TPSA) is 75.7 Å². The van der Waals surface area contributed by atoms with Gasteiger partial charge in [-0.2, -0.15) is 0 Å². The molecule has 2 aromatic rings. The van der Waals surface area contributed by atoms with Crippen LogP contribution < -0.4 is 14.4 Å². The predicted molar refractivity (Wildman–Crippen MR) is 112 cm³/mol. The summed E-state index contributed by atoms with van der Waals surface area (Å²) in [5.74, 6) is 0.363. The first-order valence-corrected chi connectivity index (χ1v) is 10.9. The molecule has 1 amide bonds.